The molecule has 2 nitrogen and oxygen atoms in total. The van der Waals surface area contributed by atoms with Gasteiger partial charge in [0.2, 0.25) is 5.91 Å². The summed E-state index contributed by atoms with van der Waals surface area (Å²) in [4.78, 5) is 14.0. The Bertz CT molecular complexity index is 179. The highest BCUT2D eigenvalue weighted by atomic mass is 16.2. The molecule has 82 valence electrons. The zero-order chi connectivity index (χ0) is 10.4. The second-order valence-electron chi connectivity index (χ2n) is 4.25. The van der Waals surface area contributed by atoms with Crippen molar-refractivity contribution in [3.8, 4) is 0 Å². The molecule has 0 radical (unpaired) electrons. The topological polar surface area (TPSA) is 20.3 Å². The largest absolute Gasteiger partial charge is 0.340 e. The maximum atomic E-state index is 11.8. The first-order chi connectivity index (χ1) is 6.79. The molecular weight excluding hydrogens is 174 g/mol. The fraction of sp³-hybridized carbons (Fsp3) is 0.917. The number of carbonyl (C=O) groups is 1. The molecule has 0 N–H and O–H groups in total. The molecule has 0 saturated carbocycles. The van der Waals surface area contributed by atoms with Gasteiger partial charge in [-0.25, -0.2) is 0 Å². The van der Waals surface area contributed by atoms with Gasteiger partial charge >= 0.3 is 0 Å². The number of rotatable bonds is 4. The molecule has 1 unspecified atom stereocenters. The fourth-order valence-corrected chi connectivity index (χ4v) is 2.30. The third-order valence-electron chi connectivity index (χ3n) is 3.14. The van der Waals surface area contributed by atoms with Crippen LogP contribution in [0.5, 0.6) is 0 Å². The average Bonchev–Trinajstić information content (AvgIpc) is 2.40. The highest BCUT2D eigenvalue weighted by Crippen LogP contribution is 2.18. The van der Waals surface area contributed by atoms with E-state index in [9.17, 15) is 4.79 Å². The van der Waals surface area contributed by atoms with Crippen LogP contribution in [0.1, 0.15) is 58.8 Å². The predicted octanol–water partition coefficient (Wildman–Crippen LogP) is 2.97. The SMILES string of the molecule is CCCC(CC)N1CCCCCC1=O. The van der Waals surface area contributed by atoms with Crippen LogP contribution in [0.3, 0.4) is 0 Å². The van der Waals surface area contributed by atoms with Crippen LogP contribution < -0.4 is 0 Å². The van der Waals surface area contributed by atoms with Crippen molar-refractivity contribution >= 4 is 5.91 Å². The van der Waals surface area contributed by atoms with Gasteiger partial charge in [-0.3, -0.25) is 4.79 Å². The lowest BCUT2D eigenvalue weighted by Crippen LogP contribution is -2.39. The van der Waals surface area contributed by atoms with Crippen LogP contribution in [0.4, 0.5) is 0 Å². The third-order valence-corrected chi connectivity index (χ3v) is 3.14. The molecular formula is C12H23NO. The van der Waals surface area contributed by atoms with Gasteiger partial charge in [0, 0.05) is 19.0 Å². The van der Waals surface area contributed by atoms with Crippen molar-refractivity contribution < 1.29 is 4.79 Å². The van der Waals surface area contributed by atoms with Crippen LogP contribution in [0.15, 0.2) is 0 Å². The molecule has 2 heteroatoms. The van der Waals surface area contributed by atoms with Crippen LogP contribution in [0, 0.1) is 0 Å². The Morgan fingerprint density at radius 3 is 2.71 bits per heavy atom. The molecule has 0 aromatic rings. The molecule has 1 atom stereocenters. The molecule has 1 heterocycles. The smallest absolute Gasteiger partial charge is 0.222 e. The highest BCUT2D eigenvalue weighted by Gasteiger charge is 2.22. The maximum absolute atomic E-state index is 11.8. The second-order valence-corrected chi connectivity index (χ2v) is 4.25. The molecule has 14 heavy (non-hydrogen) atoms. The van der Waals surface area contributed by atoms with Gasteiger partial charge in [0.1, 0.15) is 0 Å². The van der Waals surface area contributed by atoms with Crippen LogP contribution in [-0.2, 0) is 4.79 Å². The van der Waals surface area contributed by atoms with Gasteiger partial charge in [0.05, 0.1) is 0 Å². The summed E-state index contributed by atoms with van der Waals surface area (Å²) in [5.41, 5.74) is 0. The minimum absolute atomic E-state index is 0.391. The summed E-state index contributed by atoms with van der Waals surface area (Å²) in [6, 6.07) is 0.505. The second kappa shape index (κ2) is 6.05. The lowest BCUT2D eigenvalue weighted by Gasteiger charge is -2.30. The van der Waals surface area contributed by atoms with Crippen LogP contribution in [-0.4, -0.2) is 23.4 Å². The molecule has 1 rings (SSSR count). The molecule has 0 spiro atoms. The number of nitrogens with zero attached hydrogens (tertiary/aromatic N) is 1. The lowest BCUT2D eigenvalue weighted by molar-refractivity contribution is -0.133. The molecule has 1 fully saturated rings. The Hall–Kier alpha value is -0.530. The number of likely N-dealkylation sites (tertiary alicyclic amines) is 1. The van der Waals surface area contributed by atoms with Crippen molar-refractivity contribution in [2.45, 2.75) is 64.8 Å². The van der Waals surface area contributed by atoms with Crippen molar-refractivity contribution in [1.29, 1.82) is 0 Å². The fourth-order valence-electron chi connectivity index (χ4n) is 2.30. The van der Waals surface area contributed by atoms with E-state index in [4.69, 9.17) is 0 Å². The molecule has 0 aromatic heterocycles. The van der Waals surface area contributed by atoms with Crippen LogP contribution in [0.2, 0.25) is 0 Å². The standard InChI is InChI=1S/C12H23NO/c1-3-8-11(4-2)13-10-7-5-6-9-12(13)14/h11H,3-10H2,1-2H3. The van der Waals surface area contributed by atoms with Gasteiger partial charge in [0.15, 0.2) is 0 Å². The average molecular weight is 197 g/mol. The molecule has 0 bridgehead atoms. The number of hydrogen-bond acceptors (Lipinski definition) is 1. The Morgan fingerprint density at radius 2 is 2.07 bits per heavy atom. The summed E-state index contributed by atoms with van der Waals surface area (Å²) in [5.74, 6) is 0.391. The zero-order valence-electron chi connectivity index (χ0n) is 9.59. The third kappa shape index (κ3) is 3.00. The summed E-state index contributed by atoms with van der Waals surface area (Å²) < 4.78 is 0. The summed E-state index contributed by atoms with van der Waals surface area (Å²) in [6.07, 6.45) is 7.76. The van der Waals surface area contributed by atoms with E-state index in [1.807, 2.05) is 0 Å². The molecule has 0 aromatic carbocycles. The Morgan fingerprint density at radius 1 is 1.29 bits per heavy atom. The van der Waals surface area contributed by atoms with E-state index in [0.717, 1.165) is 25.8 Å². The van der Waals surface area contributed by atoms with Gasteiger partial charge in [-0.05, 0) is 25.7 Å². The van der Waals surface area contributed by atoms with Gasteiger partial charge in [-0.1, -0.05) is 26.7 Å². The Balaban J connectivity index is 2.55. The first-order valence-electron chi connectivity index (χ1n) is 6.09. The van der Waals surface area contributed by atoms with Crippen LogP contribution >= 0.6 is 0 Å². The van der Waals surface area contributed by atoms with Crippen molar-refractivity contribution in [3.63, 3.8) is 0 Å². The van der Waals surface area contributed by atoms with E-state index >= 15 is 0 Å². The molecule has 1 aliphatic heterocycles. The van der Waals surface area contributed by atoms with Gasteiger partial charge in [-0.2, -0.15) is 0 Å². The van der Waals surface area contributed by atoms with Crippen molar-refractivity contribution in [2.75, 3.05) is 6.54 Å². The van der Waals surface area contributed by atoms with Gasteiger partial charge < -0.3 is 4.90 Å². The monoisotopic (exact) mass is 197 g/mol. The van der Waals surface area contributed by atoms with E-state index in [-0.39, 0.29) is 0 Å². The first kappa shape index (κ1) is 11.5. The quantitative estimate of drug-likeness (QED) is 0.678. The molecule has 1 amide bonds. The minimum atomic E-state index is 0.391. The number of amides is 1. The lowest BCUT2D eigenvalue weighted by atomic mass is 10.1. The van der Waals surface area contributed by atoms with E-state index in [1.165, 1.54) is 25.7 Å². The van der Waals surface area contributed by atoms with E-state index in [0.29, 0.717) is 11.9 Å². The summed E-state index contributed by atoms with van der Waals surface area (Å²) in [5, 5.41) is 0. The predicted molar refractivity (Wildman–Crippen MR) is 59.2 cm³/mol. The maximum Gasteiger partial charge on any atom is 0.222 e. The normalized spacial score (nSPS) is 20.7. The van der Waals surface area contributed by atoms with Crippen molar-refractivity contribution in [1.82, 2.24) is 4.90 Å². The summed E-state index contributed by atoms with van der Waals surface area (Å²) in [7, 11) is 0. The van der Waals surface area contributed by atoms with Crippen LogP contribution in [0.25, 0.3) is 0 Å². The van der Waals surface area contributed by atoms with Gasteiger partial charge in [0.25, 0.3) is 0 Å². The minimum Gasteiger partial charge on any atom is -0.340 e. The zero-order valence-corrected chi connectivity index (χ0v) is 9.59. The van der Waals surface area contributed by atoms with Crippen molar-refractivity contribution in [3.05, 3.63) is 0 Å². The summed E-state index contributed by atoms with van der Waals surface area (Å²) in [6.45, 7) is 5.39. The van der Waals surface area contributed by atoms with E-state index < -0.39 is 0 Å². The first-order valence-corrected chi connectivity index (χ1v) is 6.09. The number of hydrogen-bond donors (Lipinski definition) is 0. The molecule has 1 saturated heterocycles. The van der Waals surface area contributed by atoms with E-state index in [2.05, 4.69) is 18.7 Å². The Labute approximate surface area is 87.7 Å². The van der Waals surface area contributed by atoms with Gasteiger partial charge in [-0.15, -0.1) is 0 Å². The highest BCUT2D eigenvalue weighted by molar-refractivity contribution is 5.76. The molecule has 1 aliphatic rings. The molecule has 0 aliphatic carbocycles. The summed E-state index contributed by atoms with van der Waals surface area (Å²) >= 11 is 0. The Kier molecular flexibility index (Phi) is 4.99. The number of carbonyl (C=O) groups excluding carboxylic acids is 1. The van der Waals surface area contributed by atoms with E-state index in [1.54, 1.807) is 0 Å². The van der Waals surface area contributed by atoms with Crippen molar-refractivity contribution in [2.24, 2.45) is 0 Å².